The van der Waals surface area contributed by atoms with Crippen LogP contribution in [0.25, 0.3) is 0 Å². The van der Waals surface area contributed by atoms with Gasteiger partial charge in [-0.3, -0.25) is 0 Å². The number of nitrogens with one attached hydrogen (secondary N) is 1. The molecular formula is C16H25NO. The van der Waals surface area contributed by atoms with Crippen molar-refractivity contribution in [3.8, 4) is 5.75 Å². The fourth-order valence-corrected chi connectivity index (χ4v) is 2.79. The smallest absolute Gasteiger partial charge is 0.123 e. The second-order valence-corrected chi connectivity index (χ2v) is 5.44. The summed E-state index contributed by atoms with van der Waals surface area (Å²) in [7, 11) is 0. The van der Waals surface area contributed by atoms with Crippen LogP contribution in [-0.4, -0.2) is 18.7 Å². The first-order valence-electron chi connectivity index (χ1n) is 7.21. The zero-order valence-corrected chi connectivity index (χ0v) is 11.8. The molecule has 1 aromatic rings. The standard InChI is InChI=1S/C16H25NO/c1-4-17-14-9-7-11-16(14)18-15-10-6-5-8-13(15)12(2)3/h5-6,8,10,12,14,16-17H,4,7,9,11H2,1-3H3. The van der Waals surface area contributed by atoms with Crippen molar-refractivity contribution in [2.45, 2.75) is 58.1 Å². The molecule has 0 amide bonds. The number of ether oxygens (including phenoxy) is 1. The summed E-state index contributed by atoms with van der Waals surface area (Å²) in [6.07, 6.45) is 4.02. The molecule has 1 aliphatic carbocycles. The summed E-state index contributed by atoms with van der Waals surface area (Å²) >= 11 is 0. The fraction of sp³-hybridized carbons (Fsp3) is 0.625. The van der Waals surface area contributed by atoms with Gasteiger partial charge in [-0.05, 0) is 43.4 Å². The largest absolute Gasteiger partial charge is 0.489 e. The van der Waals surface area contributed by atoms with Crippen LogP contribution in [0.2, 0.25) is 0 Å². The number of rotatable bonds is 5. The molecule has 2 nitrogen and oxygen atoms in total. The number of hydrogen-bond acceptors (Lipinski definition) is 2. The molecule has 0 saturated heterocycles. The van der Waals surface area contributed by atoms with Gasteiger partial charge in [0.25, 0.3) is 0 Å². The Kier molecular flexibility index (Phi) is 4.65. The van der Waals surface area contributed by atoms with E-state index in [9.17, 15) is 0 Å². The maximum absolute atomic E-state index is 6.27. The highest BCUT2D eigenvalue weighted by Gasteiger charge is 2.28. The van der Waals surface area contributed by atoms with E-state index in [1.165, 1.54) is 24.8 Å². The van der Waals surface area contributed by atoms with Gasteiger partial charge in [0.05, 0.1) is 0 Å². The maximum Gasteiger partial charge on any atom is 0.123 e. The molecular weight excluding hydrogens is 222 g/mol. The van der Waals surface area contributed by atoms with Gasteiger partial charge in [0.2, 0.25) is 0 Å². The van der Waals surface area contributed by atoms with Crippen LogP contribution in [0.1, 0.15) is 51.5 Å². The number of hydrogen-bond donors (Lipinski definition) is 1. The van der Waals surface area contributed by atoms with Crippen molar-refractivity contribution in [3.63, 3.8) is 0 Å². The van der Waals surface area contributed by atoms with E-state index < -0.39 is 0 Å². The van der Waals surface area contributed by atoms with E-state index in [4.69, 9.17) is 4.74 Å². The van der Waals surface area contributed by atoms with E-state index >= 15 is 0 Å². The molecule has 0 radical (unpaired) electrons. The first kappa shape index (κ1) is 13.4. The van der Waals surface area contributed by atoms with Crippen LogP contribution in [0.3, 0.4) is 0 Å². The molecule has 2 unspecified atom stereocenters. The zero-order chi connectivity index (χ0) is 13.0. The summed E-state index contributed by atoms with van der Waals surface area (Å²) in [5.74, 6) is 1.59. The third kappa shape index (κ3) is 3.05. The van der Waals surface area contributed by atoms with Gasteiger partial charge >= 0.3 is 0 Å². The van der Waals surface area contributed by atoms with E-state index in [1.807, 2.05) is 0 Å². The molecule has 1 aliphatic rings. The molecule has 18 heavy (non-hydrogen) atoms. The molecule has 1 aromatic carbocycles. The first-order chi connectivity index (χ1) is 8.72. The van der Waals surface area contributed by atoms with Crippen molar-refractivity contribution in [3.05, 3.63) is 29.8 Å². The van der Waals surface area contributed by atoms with Crippen molar-refractivity contribution < 1.29 is 4.74 Å². The van der Waals surface area contributed by atoms with Crippen molar-refractivity contribution in [2.75, 3.05) is 6.54 Å². The van der Waals surface area contributed by atoms with Crippen molar-refractivity contribution in [1.29, 1.82) is 0 Å². The predicted octanol–water partition coefficient (Wildman–Crippen LogP) is 3.72. The highest BCUT2D eigenvalue weighted by atomic mass is 16.5. The molecule has 0 aromatic heterocycles. The third-order valence-corrected chi connectivity index (χ3v) is 3.74. The SMILES string of the molecule is CCNC1CCCC1Oc1ccccc1C(C)C. The van der Waals surface area contributed by atoms with Gasteiger partial charge in [0, 0.05) is 6.04 Å². The molecule has 100 valence electrons. The normalized spacial score (nSPS) is 23.6. The second kappa shape index (κ2) is 6.24. The quantitative estimate of drug-likeness (QED) is 0.856. The fourth-order valence-electron chi connectivity index (χ4n) is 2.79. The summed E-state index contributed by atoms with van der Waals surface area (Å²) in [6, 6.07) is 8.97. The van der Waals surface area contributed by atoms with E-state index in [2.05, 4.69) is 50.4 Å². The Morgan fingerprint density at radius 3 is 2.78 bits per heavy atom. The lowest BCUT2D eigenvalue weighted by atomic mass is 10.0. The average Bonchev–Trinajstić information content (AvgIpc) is 2.78. The van der Waals surface area contributed by atoms with Gasteiger partial charge in [0.15, 0.2) is 0 Å². The monoisotopic (exact) mass is 247 g/mol. The summed E-state index contributed by atoms with van der Waals surface area (Å²) in [4.78, 5) is 0. The van der Waals surface area contributed by atoms with Crippen molar-refractivity contribution >= 4 is 0 Å². The highest BCUT2D eigenvalue weighted by molar-refractivity contribution is 5.35. The van der Waals surface area contributed by atoms with E-state index in [1.54, 1.807) is 0 Å². The lowest BCUT2D eigenvalue weighted by Gasteiger charge is -2.24. The van der Waals surface area contributed by atoms with Gasteiger partial charge in [-0.2, -0.15) is 0 Å². The molecule has 0 bridgehead atoms. The Hall–Kier alpha value is -1.02. The average molecular weight is 247 g/mol. The summed E-state index contributed by atoms with van der Waals surface area (Å²) in [5.41, 5.74) is 1.32. The first-order valence-corrected chi connectivity index (χ1v) is 7.21. The van der Waals surface area contributed by atoms with Gasteiger partial charge in [-0.1, -0.05) is 39.0 Å². The second-order valence-electron chi connectivity index (χ2n) is 5.44. The Morgan fingerprint density at radius 1 is 1.28 bits per heavy atom. The van der Waals surface area contributed by atoms with Crippen LogP contribution in [0.5, 0.6) is 5.75 Å². The molecule has 1 N–H and O–H groups in total. The van der Waals surface area contributed by atoms with E-state index in [0.29, 0.717) is 18.1 Å². The Bertz CT molecular complexity index is 375. The summed E-state index contributed by atoms with van der Waals surface area (Å²) < 4.78 is 6.27. The predicted molar refractivity (Wildman–Crippen MR) is 76.3 cm³/mol. The van der Waals surface area contributed by atoms with Crippen LogP contribution in [0.4, 0.5) is 0 Å². The number of benzene rings is 1. The minimum atomic E-state index is 0.338. The van der Waals surface area contributed by atoms with Crippen molar-refractivity contribution in [2.24, 2.45) is 0 Å². The van der Waals surface area contributed by atoms with E-state index in [0.717, 1.165) is 12.3 Å². The van der Waals surface area contributed by atoms with Crippen molar-refractivity contribution in [1.82, 2.24) is 5.32 Å². The third-order valence-electron chi connectivity index (χ3n) is 3.74. The minimum Gasteiger partial charge on any atom is -0.489 e. The molecule has 1 fully saturated rings. The van der Waals surface area contributed by atoms with Gasteiger partial charge in [-0.15, -0.1) is 0 Å². The molecule has 2 heteroatoms. The zero-order valence-electron chi connectivity index (χ0n) is 11.8. The Balaban J connectivity index is 2.09. The summed E-state index contributed by atoms with van der Waals surface area (Å²) in [6.45, 7) is 7.63. The number of likely N-dealkylation sites (N-methyl/N-ethyl adjacent to an activating group) is 1. The molecule has 0 aliphatic heterocycles. The maximum atomic E-state index is 6.27. The Labute approximate surface area is 111 Å². The van der Waals surface area contributed by atoms with Crippen LogP contribution >= 0.6 is 0 Å². The number of para-hydroxylation sites is 1. The molecule has 1 saturated carbocycles. The Morgan fingerprint density at radius 2 is 2.06 bits per heavy atom. The van der Waals surface area contributed by atoms with Gasteiger partial charge < -0.3 is 10.1 Å². The lowest BCUT2D eigenvalue weighted by molar-refractivity contribution is 0.173. The topological polar surface area (TPSA) is 21.3 Å². The van der Waals surface area contributed by atoms with Crippen LogP contribution < -0.4 is 10.1 Å². The molecule has 2 rings (SSSR count). The summed E-state index contributed by atoms with van der Waals surface area (Å²) in [5, 5.41) is 3.54. The van der Waals surface area contributed by atoms with E-state index in [-0.39, 0.29) is 0 Å². The lowest BCUT2D eigenvalue weighted by Crippen LogP contribution is -2.38. The molecule has 2 atom stereocenters. The van der Waals surface area contributed by atoms with Gasteiger partial charge in [0.1, 0.15) is 11.9 Å². The van der Waals surface area contributed by atoms with Crippen LogP contribution in [-0.2, 0) is 0 Å². The van der Waals surface area contributed by atoms with Crippen LogP contribution in [0, 0.1) is 0 Å². The molecule has 0 heterocycles. The van der Waals surface area contributed by atoms with Gasteiger partial charge in [-0.25, -0.2) is 0 Å². The molecule has 0 spiro atoms. The highest BCUT2D eigenvalue weighted by Crippen LogP contribution is 2.30. The minimum absolute atomic E-state index is 0.338. The van der Waals surface area contributed by atoms with Crippen LogP contribution in [0.15, 0.2) is 24.3 Å².